The van der Waals surface area contributed by atoms with Gasteiger partial charge in [-0.05, 0) is 31.7 Å². The monoisotopic (exact) mass is 272 g/mol. The van der Waals surface area contributed by atoms with Gasteiger partial charge in [0.2, 0.25) is 5.88 Å². The molecule has 0 amide bonds. The Hall–Kier alpha value is -2.28. The number of anilines is 1. The second-order valence-corrected chi connectivity index (χ2v) is 4.63. The predicted octanol–water partition coefficient (Wildman–Crippen LogP) is 1.11. The van der Waals surface area contributed by atoms with Crippen LogP contribution >= 0.6 is 0 Å². The molecule has 3 rings (SSSR count). The highest BCUT2D eigenvalue weighted by atomic mass is 16.5. The average Bonchev–Trinajstić information content (AvgIpc) is 2.54. The Labute approximate surface area is 116 Å². The first-order valence-electron chi connectivity index (χ1n) is 6.56. The lowest BCUT2D eigenvalue weighted by molar-refractivity contribution is 0.392. The maximum atomic E-state index is 5.57. The lowest BCUT2D eigenvalue weighted by Gasteiger charge is -2.18. The molecule has 7 heteroatoms. The Morgan fingerprint density at radius 2 is 2.00 bits per heavy atom. The molecular weight excluding hydrogens is 256 g/mol. The molecule has 7 nitrogen and oxygen atoms in total. The van der Waals surface area contributed by atoms with Crippen molar-refractivity contribution in [2.75, 3.05) is 12.5 Å². The van der Waals surface area contributed by atoms with Gasteiger partial charge in [-0.2, -0.15) is 0 Å². The number of ether oxygens (including phenoxy) is 1. The topological polar surface area (TPSA) is 98.8 Å². The zero-order valence-electron chi connectivity index (χ0n) is 11.3. The molecule has 2 aromatic heterocycles. The maximum Gasteiger partial charge on any atom is 0.233 e. The molecule has 0 saturated heterocycles. The zero-order chi connectivity index (χ0) is 13.9. The van der Waals surface area contributed by atoms with Crippen LogP contribution < -0.4 is 16.0 Å². The quantitative estimate of drug-likeness (QED) is 0.637. The SMILES string of the molecule is COc1ccc(-c2nc3c(c(NN)n2)CCCC3)nn1. The highest BCUT2D eigenvalue weighted by Gasteiger charge is 2.18. The first-order valence-corrected chi connectivity index (χ1v) is 6.56. The molecule has 0 bridgehead atoms. The van der Waals surface area contributed by atoms with E-state index in [2.05, 4.69) is 25.6 Å². The molecule has 3 N–H and O–H groups in total. The molecule has 0 unspecified atom stereocenters. The molecule has 0 spiro atoms. The molecule has 0 saturated carbocycles. The number of aromatic nitrogens is 4. The number of hydrogen-bond acceptors (Lipinski definition) is 7. The normalized spacial score (nSPS) is 13.7. The van der Waals surface area contributed by atoms with Gasteiger partial charge in [0.1, 0.15) is 11.5 Å². The number of nitrogens with one attached hydrogen (secondary N) is 1. The highest BCUT2D eigenvalue weighted by Crippen LogP contribution is 2.27. The van der Waals surface area contributed by atoms with E-state index in [1.165, 1.54) is 0 Å². The van der Waals surface area contributed by atoms with Gasteiger partial charge in [0.15, 0.2) is 5.82 Å². The number of nitrogen functional groups attached to an aromatic ring is 1. The van der Waals surface area contributed by atoms with Gasteiger partial charge in [-0.3, -0.25) is 0 Å². The summed E-state index contributed by atoms with van der Waals surface area (Å²) < 4.78 is 4.99. The van der Waals surface area contributed by atoms with Crippen molar-refractivity contribution in [2.24, 2.45) is 5.84 Å². The molecule has 0 radical (unpaired) electrons. The van der Waals surface area contributed by atoms with Crippen LogP contribution in [0.3, 0.4) is 0 Å². The van der Waals surface area contributed by atoms with Crippen LogP contribution in [0.15, 0.2) is 12.1 Å². The number of fused-ring (bicyclic) bond motifs is 1. The Morgan fingerprint density at radius 1 is 1.15 bits per heavy atom. The summed E-state index contributed by atoms with van der Waals surface area (Å²) in [5.41, 5.74) is 5.43. The van der Waals surface area contributed by atoms with Gasteiger partial charge in [0.05, 0.1) is 7.11 Å². The van der Waals surface area contributed by atoms with Crippen LogP contribution in [0.1, 0.15) is 24.1 Å². The number of rotatable bonds is 3. The van der Waals surface area contributed by atoms with Crippen LogP contribution in [0, 0.1) is 0 Å². The van der Waals surface area contributed by atoms with Crippen LogP contribution in [0.4, 0.5) is 5.82 Å². The lowest BCUT2D eigenvalue weighted by atomic mass is 9.96. The minimum Gasteiger partial charge on any atom is -0.480 e. The smallest absolute Gasteiger partial charge is 0.233 e. The molecule has 2 aromatic rings. The number of nitrogens with zero attached hydrogens (tertiary/aromatic N) is 4. The van der Waals surface area contributed by atoms with Crippen molar-refractivity contribution in [1.82, 2.24) is 20.2 Å². The molecule has 20 heavy (non-hydrogen) atoms. The van der Waals surface area contributed by atoms with Gasteiger partial charge in [0, 0.05) is 17.3 Å². The molecule has 0 atom stereocenters. The van der Waals surface area contributed by atoms with E-state index >= 15 is 0 Å². The summed E-state index contributed by atoms with van der Waals surface area (Å²) in [7, 11) is 1.55. The van der Waals surface area contributed by atoms with Gasteiger partial charge in [-0.1, -0.05) is 0 Å². The van der Waals surface area contributed by atoms with E-state index < -0.39 is 0 Å². The van der Waals surface area contributed by atoms with Crippen LogP contribution in [-0.2, 0) is 12.8 Å². The minimum absolute atomic E-state index is 0.462. The highest BCUT2D eigenvalue weighted by molar-refractivity contribution is 5.56. The summed E-state index contributed by atoms with van der Waals surface area (Å²) in [4.78, 5) is 9.04. The van der Waals surface area contributed by atoms with E-state index in [1.807, 2.05) is 0 Å². The molecular formula is C13H16N6O. The third kappa shape index (κ3) is 2.27. The van der Waals surface area contributed by atoms with Gasteiger partial charge < -0.3 is 10.2 Å². The van der Waals surface area contributed by atoms with Crippen molar-refractivity contribution >= 4 is 5.82 Å². The molecule has 2 heterocycles. The van der Waals surface area contributed by atoms with E-state index in [4.69, 9.17) is 10.6 Å². The van der Waals surface area contributed by atoms with Gasteiger partial charge in [0.25, 0.3) is 0 Å². The fourth-order valence-electron chi connectivity index (χ4n) is 2.38. The summed E-state index contributed by atoms with van der Waals surface area (Å²) in [6, 6.07) is 3.53. The van der Waals surface area contributed by atoms with Crippen molar-refractivity contribution in [1.29, 1.82) is 0 Å². The third-order valence-electron chi connectivity index (χ3n) is 3.40. The molecule has 0 aliphatic heterocycles. The van der Waals surface area contributed by atoms with E-state index in [1.54, 1.807) is 19.2 Å². The largest absolute Gasteiger partial charge is 0.480 e. The molecule has 0 fully saturated rings. The van der Waals surface area contributed by atoms with Crippen molar-refractivity contribution in [3.8, 4) is 17.4 Å². The fourth-order valence-corrected chi connectivity index (χ4v) is 2.38. The van der Waals surface area contributed by atoms with Crippen molar-refractivity contribution in [3.63, 3.8) is 0 Å². The van der Waals surface area contributed by atoms with Crippen LogP contribution in [0.2, 0.25) is 0 Å². The second-order valence-electron chi connectivity index (χ2n) is 4.63. The summed E-state index contributed by atoms with van der Waals surface area (Å²) >= 11 is 0. The van der Waals surface area contributed by atoms with Crippen LogP contribution in [0.25, 0.3) is 11.5 Å². The van der Waals surface area contributed by atoms with Crippen molar-refractivity contribution in [2.45, 2.75) is 25.7 Å². The van der Waals surface area contributed by atoms with Crippen LogP contribution in [-0.4, -0.2) is 27.3 Å². The number of nitrogens with two attached hydrogens (primary N) is 1. The number of aryl methyl sites for hydroxylation is 1. The van der Waals surface area contributed by atoms with Crippen molar-refractivity contribution in [3.05, 3.63) is 23.4 Å². The van der Waals surface area contributed by atoms with E-state index in [0.717, 1.165) is 36.9 Å². The third-order valence-corrected chi connectivity index (χ3v) is 3.40. The minimum atomic E-state index is 0.462. The van der Waals surface area contributed by atoms with E-state index in [-0.39, 0.29) is 0 Å². The number of hydrazine groups is 1. The number of hydrogen-bond donors (Lipinski definition) is 2. The summed E-state index contributed by atoms with van der Waals surface area (Å²) in [6.45, 7) is 0. The summed E-state index contributed by atoms with van der Waals surface area (Å²) in [5, 5.41) is 8.01. The Balaban J connectivity index is 2.04. The van der Waals surface area contributed by atoms with Crippen LogP contribution in [0.5, 0.6) is 5.88 Å². The van der Waals surface area contributed by atoms with Gasteiger partial charge >= 0.3 is 0 Å². The fraction of sp³-hybridized carbons (Fsp3) is 0.385. The van der Waals surface area contributed by atoms with E-state index in [0.29, 0.717) is 23.2 Å². The first kappa shape index (κ1) is 12.7. The lowest BCUT2D eigenvalue weighted by Crippen LogP contribution is -2.17. The zero-order valence-corrected chi connectivity index (χ0v) is 11.3. The Morgan fingerprint density at radius 3 is 2.70 bits per heavy atom. The summed E-state index contributed by atoms with van der Waals surface area (Å²) in [5.74, 6) is 7.25. The Kier molecular flexibility index (Phi) is 3.42. The van der Waals surface area contributed by atoms with Crippen molar-refractivity contribution < 1.29 is 4.74 Å². The first-order chi connectivity index (χ1) is 9.81. The average molecular weight is 272 g/mol. The predicted molar refractivity (Wildman–Crippen MR) is 74.1 cm³/mol. The van der Waals surface area contributed by atoms with Gasteiger partial charge in [-0.15, -0.1) is 10.2 Å². The molecule has 104 valence electrons. The maximum absolute atomic E-state index is 5.57. The number of methoxy groups -OCH3 is 1. The molecule has 1 aliphatic carbocycles. The standard InChI is InChI=1S/C13H16N6O/c1-20-11-7-6-10(18-19-11)13-15-9-5-3-2-4-8(9)12(16-13)17-14/h6-7H,2-5,14H2,1H3,(H,15,16,17). The summed E-state index contributed by atoms with van der Waals surface area (Å²) in [6.07, 6.45) is 4.20. The van der Waals surface area contributed by atoms with Gasteiger partial charge in [-0.25, -0.2) is 15.8 Å². The Bertz CT molecular complexity index is 596. The molecule has 1 aliphatic rings. The van der Waals surface area contributed by atoms with E-state index in [9.17, 15) is 0 Å². The molecule has 0 aromatic carbocycles. The second kappa shape index (κ2) is 5.38.